The van der Waals surface area contributed by atoms with Gasteiger partial charge >= 0.3 is 0 Å². The Balaban J connectivity index is 1.81. The molecule has 0 N–H and O–H groups in total. The van der Waals surface area contributed by atoms with Crippen LogP contribution >= 0.6 is 11.3 Å². The van der Waals surface area contributed by atoms with E-state index in [9.17, 15) is 4.79 Å². The average Bonchev–Trinajstić information content (AvgIpc) is 2.85. The second-order valence-corrected chi connectivity index (χ2v) is 6.02. The van der Waals surface area contributed by atoms with Crippen LogP contribution in [0.1, 0.15) is 9.67 Å². The van der Waals surface area contributed by atoms with Crippen molar-refractivity contribution in [2.24, 2.45) is 0 Å². The third-order valence-electron chi connectivity index (χ3n) is 3.28. The van der Waals surface area contributed by atoms with Gasteiger partial charge in [-0.3, -0.25) is 9.69 Å². The first-order valence-corrected chi connectivity index (χ1v) is 7.18. The monoisotopic (exact) mass is 267 g/mol. The lowest BCUT2D eigenvalue weighted by atomic mass is 10.3. The highest BCUT2D eigenvalue weighted by molar-refractivity contribution is 7.17. The largest absolute Gasteiger partial charge is 0.361 e. The standard InChI is InChI=1S/C13H21N3OS/c1-14(2)5-6-15-7-9-16(10-8-15)13-4-3-12(11-17)18-13/h3-4,11H,5-10H2,1-2H3. The molecule has 0 atom stereocenters. The van der Waals surface area contributed by atoms with Gasteiger partial charge in [0.25, 0.3) is 0 Å². The lowest BCUT2D eigenvalue weighted by Gasteiger charge is -2.35. The minimum absolute atomic E-state index is 0.819. The maximum atomic E-state index is 10.7. The summed E-state index contributed by atoms with van der Waals surface area (Å²) in [6, 6.07) is 3.97. The molecule has 0 spiro atoms. The van der Waals surface area contributed by atoms with E-state index in [4.69, 9.17) is 0 Å². The second-order valence-electron chi connectivity index (χ2n) is 4.93. The molecule has 1 aromatic rings. The number of thiophene rings is 1. The van der Waals surface area contributed by atoms with Gasteiger partial charge in [0, 0.05) is 39.3 Å². The number of carbonyl (C=O) groups excluding carboxylic acids is 1. The van der Waals surface area contributed by atoms with Crippen LogP contribution in [-0.4, -0.2) is 69.4 Å². The first-order valence-electron chi connectivity index (χ1n) is 6.36. The predicted octanol–water partition coefficient (Wildman–Crippen LogP) is 1.24. The van der Waals surface area contributed by atoms with Gasteiger partial charge in [-0.05, 0) is 26.2 Å². The SMILES string of the molecule is CN(C)CCN1CCN(c2ccc(C=O)s2)CC1. The molecule has 1 saturated heterocycles. The summed E-state index contributed by atoms with van der Waals surface area (Å²) >= 11 is 1.59. The fraction of sp³-hybridized carbons (Fsp3) is 0.615. The van der Waals surface area contributed by atoms with E-state index >= 15 is 0 Å². The maximum absolute atomic E-state index is 10.7. The summed E-state index contributed by atoms with van der Waals surface area (Å²) in [5, 5.41) is 1.23. The summed E-state index contributed by atoms with van der Waals surface area (Å²) in [5.74, 6) is 0. The Morgan fingerprint density at radius 2 is 2.00 bits per heavy atom. The van der Waals surface area contributed by atoms with Crippen molar-refractivity contribution in [3.05, 3.63) is 17.0 Å². The predicted molar refractivity (Wildman–Crippen MR) is 76.9 cm³/mol. The minimum atomic E-state index is 0.819. The Morgan fingerprint density at radius 3 is 2.56 bits per heavy atom. The molecule has 0 amide bonds. The molecular weight excluding hydrogens is 246 g/mol. The molecule has 2 rings (SSSR count). The summed E-state index contributed by atoms with van der Waals surface area (Å²) in [6.07, 6.45) is 0.932. The molecule has 0 bridgehead atoms. The van der Waals surface area contributed by atoms with Gasteiger partial charge in [-0.25, -0.2) is 0 Å². The zero-order valence-corrected chi connectivity index (χ0v) is 11.9. The molecule has 1 aromatic heterocycles. The Morgan fingerprint density at radius 1 is 1.28 bits per heavy atom. The number of carbonyl (C=O) groups is 1. The molecule has 1 aliphatic heterocycles. The van der Waals surface area contributed by atoms with Gasteiger partial charge in [-0.1, -0.05) is 0 Å². The summed E-state index contributed by atoms with van der Waals surface area (Å²) < 4.78 is 0. The molecule has 18 heavy (non-hydrogen) atoms. The van der Waals surface area contributed by atoms with E-state index in [0.717, 1.165) is 50.4 Å². The number of hydrogen-bond acceptors (Lipinski definition) is 5. The molecule has 0 radical (unpaired) electrons. The zero-order chi connectivity index (χ0) is 13.0. The number of piperazine rings is 1. The number of aldehydes is 1. The highest BCUT2D eigenvalue weighted by atomic mass is 32.1. The van der Waals surface area contributed by atoms with Crippen LogP contribution in [0.2, 0.25) is 0 Å². The van der Waals surface area contributed by atoms with Gasteiger partial charge in [0.15, 0.2) is 6.29 Å². The van der Waals surface area contributed by atoms with E-state index in [0.29, 0.717) is 0 Å². The third-order valence-corrected chi connectivity index (χ3v) is 4.35. The lowest BCUT2D eigenvalue weighted by Crippen LogP contribution is -2.47. The Hall–Kier alpha value is -0.910. The molecule has 1 fully saturated rings. The van der Waals surface area contributed by atoms with E-state index in [-0.39, 0.29) is 0 Å². The minimum Gasteiger partial charge on any atom is -0.361 e. The van der Waals surface area contributed by atoms with Crippen molar-refractivity contribution in [3.8, 4) is 0 Å². The van der Waals surface area contributed by atoms with Crippen LogP contribution in [0.25, 0.3) is 0 Å². The number of rotatable bonds is 5. The third kappa shape index (κ3) is 3.54. The van der Waals surface area contributed by atoms with E-state index < -0.39 is 0 Å². The number of hydrogen-bond donors (Lipinski definition) is 0. The molecule has 4 nitrogen and oxygen atoms in total. The number of anilines is 1. The molecule has 1 aliphatic rings. The molecule has 0 aliphatic carbocycles. The summed E-state index contributed by atoms with van der Waals surface area (Å²) in [7, 11) is 4.23. The first-order chi connectivity index (χ1) is 8.69. The van der Waals surface area contributed by atoms with Crippen molar-refractivity contribution in [1.29, 1.82) is 0 Å². The average molecular weight is 267 g/mol. The van der Waals surface area contributed by atoms with E-state index in [1.165, 1.54) is 5.00 Å². The zero-order valence-electron chi connectivity index (χ0n) is 11.1. The van der Waals surface area contributed by atoms with Crippen LogP contribution in [0.5, 0.6) is 0 Å². The van der Waals surface area contributed by atoms with Crippen molar-refractivity contribution in [1.82, 2.24) is 9.80 Å². The van der Waals surface area contributed by atoms with Gasteiger partial charge in [-0.2, -0.15) is 0 Å². The van der Waals surface area contributed by atoms with Crippen molar-refractivity contribution < 1.29 is 4.79 Å². The smallest absolute Gasteiger partial charge is 0.160 e. The van der Waals surface area contributed by atoms with Crippen molar-refractivity contribution in [2.75, 3.05) is 58.3 Å². The molecule has 2 heterocycles. The van der Waals surface area contributed by atoms with Crippen LogP contribution in [-0.2, 0) is 0 Å². The molecular formula is C13H21N3OS. The van der Waals surface area contributed by atoms with Crippen LogP contribution in [0.4, 0.5) is 5.00 Å². The fourth-order valence-electron chi connectivity index (χ4n) is 2.11. The summed E-state index contributed by atoms with van der Waals surface area (Å²) in [4.78, 5) is 18.6. The van der Waals surface area contributed by atoms with Crippen molar-refractivity contribution in [3.63, 3.8) is 0 Å². The van der Waals surface area contributed by atoms with E-state index in [1.807, 2.05) is 6.07 Å². The summed E-state index contributed by atoms with van der Waals surface area (Å²) in [5.41, 5.74) is 0. The highest BCUT2D eigenvalue weighted by Gasteiger charge is 2.18. The van der Waals surface area contributed by atoms with Crippen LogP contribution in [0.15, 0.2) is 12.1 Å². The van der Waals surface area contributed by atoms with Crippen molar-refractivity contribution in [2.45, 2.75) is 0 Å². The Bertz CT molecular complexity index is 383. The number of likely N-dealkylation sites (N-methyl/N-ethyl adjacent to an activating group) is 1. The maximum Gasteiger partial charge on any atom is 0.160 e. The molecule has 0 saturated carbocycles. The Kier molecular flexibility index (Phi) is 4.74. The topological polar surface area (TPSA) is 26.8 Å². The van der Waals surface area contributed by atoms with Gasteiger partial charge in [0.1, 0.15) is 0 Å². The second kappa shape index (κ2) is 6.31. The van der Waals surface area contributed by atoms with Crippen LogP contribution in [0, 0.1) is 0 Å². The first kappa shape index (κ1) is 13.5. The fourth-order valence-corrected chi connectivity index (χ4v) is 2.98. The van der Waals surface area contributed by atoms with Gasteiger partial charge in [0.05, 0.1) is 9.88 Å². The molecule has 0 aromatic carbocycles. The molecule has 0 unspecified atom stereocenters. The molecule has 100 valence electrons. The van der Waals surface area contributed by atoms with Crippen LogP contribution < -0.4 is 4.90 Å². The highest BCUT2D eigenvalue weighted by Crippen LogP contribution is 2.25. The normalized spacial score (nSPS) is 17.4. The van der Waals surface area contributed by atoms with Gasteiger partial charge in [0.2, 0.25) is 0 Å². The van der Waals surface area contributed by atoms with E-state index in [1.54, 1.807) is 11.3 Å². The lowest BCUT2D eigenvalue weighted by molar-refractivity contribution is 0.112. The summed E-state index contributed by atoms with van der Waals surface area (Å²) in [6.45, 7) is 6.61. The van der Waals surface area contributed by atoms with Crippen molar-refractivity contribution >= 4 is 22.6 Å². The number of nitrogens with zero attached hydrogens (tertiary/aromatic N) is 3. The quantitative estimate of drug-likeness (QED) is 0.750. The van der Waals surface area contributed by atoms with Crippen LogP contribution in [0.3, 0.4) is 0 Å². The molecule has 5 heteroatoms. The van der Waals surface area contributed by atoms with Gasteiger partial charge in [-0.15, -0.1) is 11.3 Å². The Labute approximate surface area is 113 Å². The van der Waals surface area contributed by atoms with Gasteiger partial charge < -0.3 is 9.80 Å². The van der Waals surface area contributed by atoms with E-state index in [2.05, 4.69) is 34.9 Å².